The highest BCUT2D eigenvalue weighted by Crippen LogP contribution is 2.37. The lowest BCUT2D eigenvalue weighted by Gasteiger charge is -2.16. The molecule has 0 atom stereocenters. The van der Waals surface area contributed by atoms with Gasteiger partial charge in [0, 0.05) is 28.5 Å². The molecule has 0 aliphatic rings. The first kappa shape index (κ1) is 17.0. The van der Waals surface area contributed by atoms with Crippen molar-refractivity contribution in [1.29, 1.82) is 0 Å². The number of benzene rings is 2. The SMILES string of the molecule is [B]c1nnc(-c2cccc(F)c2F)c(-c2ccccc2)c1-c1ccccn1. The minimum absolute atomic E-state index is 0.0125. The molecule has 128 valence electrons. The number of pyridine rings is 1. The van der Waals surface area contributed by atoms with Gasteiger partial charge in [0.05, 0.1) is 5.69 Å². The van der Waals surface area contributed by atoms with Gasteiger partial charge in [-0.05, 0) is 29.8 Å². The van der Waals surface area contributed by atoms with E-state index in [0.29, 0.717) is 16.8 Å². The second-order valence-corrected chi connectivity index (χ2v) is 5.87. The van der Waals surface area contributed by atoms with Crippen molar-refractivity contribution in [2.45, 2.75) is 0 Å². The average Bonchev–Trinajstić information content (AvgIpc) is 2.71. The van der Waals surface area contributed by atoms with Crippen LogP contribution in [0.1, 0.15) is 0 Å². The lowest BCUT2D eigenvalue weighted by atomic mass is 9.86. The molecule has 0 aliphatic carbocycles. The van der Waals surface area contributed by atoms with Gasteiger partial charge in [-0.15, -0.1) is 0 Å². The van der Waals surface area contributed by atoms with Crippen molar-refractivity contribution in [3.8, 4) is 33.6 Å². The van der Waals surface area contributed by atoms with E-state index in [1.165, 1.54) is 12.1 Å². The molecule has 2 heterocycles. The second kappa shape index (κ2) is 7.07. The third kappa shape index (κ3) is 3.10. The van der Waals surface area contributed by atoms with Crippen molar-refractivity contribution in [1.82, 2.24) is 15.2 Å². The summed E-state index contributed by atoms with van der Waals surface area (Å²) in [6, 6.07) is 18.6. The van der Waals surface area contributed by atoms with E-state index < -0.39 is 11.6 Å². The molecule has 4 rings (SSSR count). The summed E-state index contributed by atoms with van der Waals surface area (Å²) in [5, 5.41) is 8.09. The van der Waals surface area contributed by atoms with Gasteiger partial charge in [0.15, 0.2) is 11.6 Å². The molecule has 4 aromatic rings. The van der Waals surface area contributed by atoms with E-state index in [1.807, 2.05) is 36.4 Å². The number of hydrogen-bond donors (Lipinski definition) is 0. The molecule has 0 amide bonds. The molecule has 0 N–H and O–H groups in total. The van der Waals surface area contributed by atoms with E-state index in [1.54, 1.807) is 18.3 Å². The summed E-state index contributed by atoms with van der Waals surface area (Å²) in [5.41, 5.74) is 2.77. The highest BCUT2D eigenvalue weighted by molar-refractivity contribution is 6.35. The van der Waals surface area contributed by atoms with Gasteiger partial charge >= 0.3 is 0 Å². The predicted octanol–water partition coefficient (Wildman–Crippen LogP) is 3.94. The van der Waals surface area contributed by atoms with E-state index in [9.17, 15) is 8.78 Å². The summed E-state index contributed by atoms with van der Waals surface area (Å²) in [5.74, 6) is -1.94. The fourth-order valence-corrected chi connectivity index (χ4v) is 2.98. The van der Waals surface area contributed by atoms with Crippen molar-refractivity contribution in [2.24, 2.45) is 0 Å². The third-order valence-electron chi connectivity index (χ3n) is 4.19. The van der Waals surface area contributed by atoms with Gasteiger partial charge in [-0.2, -0.15) is 10.2 Å². The topological polar surface area (TPSA) is 38.7 Å². The van der Waals surface area contributed by atoms with Gasteiger partial charge < -0.3 is 0 Å². The summed E-state index contributed by atoms with van der Waals surface area (Å²) in [6.07, 6.45) is 1.63. The Bertz CT molecular complexity index is 1100. The van der Waals surface area contributed by atoms with Crippen LogP contribution in [-0.2, 0) is 0 Å². The number of aromatic nitrogens is 3. The molecule has 0 bridgehead atoms. The van der Waals surface area contributed by atoms with Crippen LogP contribution in [0.25, 0.3) is 33.6 Å². The first-order valence-corrected chi connectivity index (χ1v) is 8.24. The maximum atomic E-state index is 14.5. The Kier molecular flexibility index (Phi) is 4.46. The smallest absolute Gasteiger partial charge is 0.168 e. The van der Waals surface area contributed by atoms with Gasteiger partial charge in [0.25, 0.3) is 0 Å². The first-order chi connectivity index (χ1) is 13.2. The monoisotopic (exact) mass is 355 g/mol. The van der Waals surface area contributed by atoms with Crippen LogP contribution in [0, 0.1) is 11.6 Å². The highest BCUT2D eigenvalue weighted by atomic mass is 19.2. The molecule has 0 saturated carbocycles. The van der Waals surface area contributed by atoms with Crippen LogP contribution < -0.4 is 5.59 Å². The molecule has 27 heavy (non-hydrogen) atoms. The summed E-state index contributed by atoms with van der Waals surface area (Å²) < 4.78 is 28.4. The number of hydrogen-bond acceptors (Lipinski definition) is 3. The molecule has 0 saturated heterocycles. The van der Waals surface area contributed by atoms with E-state index in [-0.39, 0.29) is 16.9 Å². The maximum absolute atomic E-state index is 14.5. The van der Waals surface area contributed by atoms with E-state index in [2.05, 4.69) is 15.2 Å². The van der Waals surface area contributed by atoms with Gasteiger partial charge in [-0.3, -0.25) is 4.98 Å². The Morgan fingerprint density at radius 1 is 0.741 bits per heavy atom. The van der Waals surface area contributed by atoms with Crippen molar-refractivity contribution < 1.29 is 8.78 Å². The Morgan fingerprint density at radius 2 is 1.52 bits per heavy atom. The molecule has 0 unspecified atom stereocenters. The molecule has 2 radical (unpaired) electrons. The second-order valence-electron chi connectivity index (χ2n) is 5.87. The third-order valence-corrected chi connectivity index (χ3v) is 4.19. The van der Waals surface area contributed by atoms with Gasteiger partial charge in [0.1, 0.15) is 13.5 Å². The number of halogens is 2. The normalized spacial score (nSPS) is 10.7. The maximum Gasteiger partial charge on any atom is 0.168 e. The van der Waals surface area contributed by atoms with Gasteiger partial charge in [0.2, 0.25) is 0 Å². The van der Waals surface area contributed by atoms with Crippen LogP contribution in [-0.4, -0.2) is 23.0 Å². The molecule has 0 spiro atoms. The summed E-state index contributed by atoms with van der Waals surface area (Å²) in [4.78, 5) is 4.36. The fourth-order valence-electron chi connectivity index (χ4n) is 2.98. The Morgan fingerprint density at radius 3 is 2.26 bits per heavy atom. The zero-order valence-electron chi connectivity index (χ0n) is 14.1. The van der Waals surface area contributed by atoms with Crippen LogP contribution in [0.2, 0.25) is 0 Å². The molecule has 3 nitrogen and oxygen atoms in total. The largest absolute Gasteiger partial charge is 0.256 e. The van der Waals surface area contributed by atoms with E-state index in [0.717, 1.165) is 11.6 Å². The number of nitrogens with zero attached hydrogens (tertiary/aromatic N) is 3. The molecule has 0 aliphatic heterocycles. The van der Waals surface area contributed by atoms with Crippen LogP contribution in [0.15, 0.2) is 72.9 Å². The van der Waals surface area contributed by atoms with Crippen LogP contribution in [0.4, 0.5) is 8.78 Å². The van der Waals surface area contributed by atoms with Gasteiger partial charge in [-0.1, -0.05) is 42.5 Å². The Hall–Kier alpha value is -3.41. The molecule has 6 heteroatoms. The lowest BCUT2D eigenvalue weighted by Crippen LogP contribution is -2.17. The van der Waals surface area contributed by atoms with Crippen molar-refractivity contribution in [3.05, 3.63) is 84.6 Å². The Labute approximate surface area is 156 Å². The van der Waals surface area contributed by atoms with Crippen LogP contribution in [0.5, 0.6) is 0 Å². The summed E-state index contributed by atoms with van der Waals surface area (Å²) in [6.45, 7) is 0. The summed E-state index contributed by atoms with van der Waals surface area (Å²) in [7, 11) is 6.12. The summed E-state index contributed by atoms with van der Waals surface area (Å²) >= 11 is 0. The van der Waals surface area contributed by atoms with Crippen LogP contribution in [0.3, 0.4) is 0 Å². The molecule has 2 aromatic carbocycles. The minimum atomic E-state index is -0.985. The van der Waals surface area contributed by atoms with Crippen LogP contribution >= 0.6 is 0 Å². The van der Waals surface area contributed by atoms with Gasteiger partial charge in [-0.25, -0.2) is 8.78 Å². The zero-order chi connectivity index (χ0) is 18.8. The minimum Gasteiger partial charge on any atom is -0.256 e. The van der Waals surface area contributed by atoms with Crippen molar-refractivity contribution >= 4 is 13.4 Å². The molecule has 0 fully saturated rings. The zero-order valence-corrected chi connectivity index (χ0v) is 14.1. The van der Waals surface area contributed by atoms with Crippen molar-refractivity contribution in [2.75, 3.05) is 0 Å². The lowest BCUT2D eigenvalue weighted by molar-refractivity contribution is 0.511. The molecular weight excluding hydrogens is 343 g/mol. The van der Waals surface area contributed by atoms with E-state index >= 15 is 0 Å². The predicted molar refractivity (Wildman–Crippen MR) is 101 cm³/mol. The average molecular weight is 355 g/mol. The molecule has 2 aromatic heterocycles. The highest BCUT2D eigenvalue weighted by Gasteiger charge is 2.22. The van der Waals surface area contributed by atoms with E-state index in [4.69, 9.17) is 7.85 Å². The molecular formula is C21H12BF2N3. The quantitative estimate of drug-likeness (QED) is 0.523. The number of rotatable bonds is 3. The Balaban J connectivity index is 2.11. The fraction of sp³-hybridized carbons (Fsp3) is 0. The first-order valence-electron chi connectivity index (χ1n) is 8.24. The van der Waals surface area contributed by atoms with Crippen molar-refractivity contribution in [3.63, 3.8) is 0 Å². The standard InChI is InChI=1S/C21H12BF2N3/c22-21-18(16-11-4-5-12-25-16)17(13-7-2-1-3-8-13)20(26-27-21)14-9-6-10-15(23)19(14)24/h1-12H.